The van der Waals surface area contributed by atoms with Crippen molar-refractivity contribution < 1.29 is 22.7 Å². The lowest BCUT2D eigenvalue weighted by Crippen LogP contribution is -2.37. The summed E-state index contributed by atoms with van der Waals surface area (Å²) in [4.78, 5) is 13.3. The van der Waals surface area contributed by atoms with Gasteiger partial charge in [-0.1, -0.05) is 0 Å². The molecular formula is C20H27N3O5S. The van der Waals surface area contributed by atoms with Crippen molar-refractivity contribution in [1.29, 1.82) is 0 Å². The van der Waals surface area contributed by atoms with Gasteiger partial charge in [0, 0.05) is 12.6 Å². The van der Waals surface area contributed by atoms with E-state index in [1.54, 1.807) is 43.8 Å². The zero-order chi connectivity index (χ0) is 21.3. The molecule has 0 N–H and O–H groups in total. The van der Waals surface area contributed by atoms with E-state index in [-0.39, 0.29) is 17.4 Å². The summed E-state index contributed by atoms with van der Waals surface area (Å²) in [6.45, 7) is 3.40. The topological polar surface area (TPSA) is 90.7 Å². The minimum atomic E-state index is -3.89. The van der Waals surface area contributed by atoms with Crippen LogP contribution in [0.4, 0.5) is 5.69 Å². The van der Waals surface area contributed by atoms with Crippen molar-refractivity contribution in [2.45, 2.75) is 45.6 Å². The van der Waals surface area contributed by atoms with Crippen LogP contribution in [0, 0.1) is 13.8 Å². The molecule has 0 aliphatic heterocycles. The maximum Gasteiger partial charge on any atom is 0.272 e. The van der Waals surface area contributed by atoms with Crippen LogP contribution in [0.2, 0.25) is 0 Å². The number of benzene rings is 1. The molecule has 29 heavy (non-hydrogen) atoms. The van der Waals surface area contributed by atoms with Crippen LogP contribution in [-0.2, 0) is 17.1 Å². The van der Waals surface area contributed by atoms with Crippen LogP contribution in [0.3, 0.4) is 0 Å². The van der Waals surface area contributed by atoms with Crippen molar-refractivity contribution in [1.82, 2.24) is 9.78 Å². The van der Waals surface area contributed by atoms with E-state index in [1.807, 2.05) is 0 Å². The van der Waals surface area contributed by atoms with Crippen molar-refractivity contribution in [3.8, 4) is 11.5 Å². The monoisotopic (exact) mass is 421 g/mol. The molecule has 1 saturated carbocycles. The normalized spacial score (nSPS) is 14.8. The number of aromatic nitrogens is 2. The molecular weight excluding hydrogens is 394 g/mol. The first-order valence-electron chi connectivity index (χ1n) is 9.53. The molecule has 0 spiro atoms. The molecule has 3 rings (SSSR count). The third kappa shape index (κ3) is 4.24. The van der Waals surface area contributed by atoms with Gasteiger partial charge >= 0.3 is 0 Å². The van der Waals surface area contributed by atoms with Gasteiger partial charge in [0.25, 0.3) is 5.91 Å². The van der Waals surface area contributed by atoms with E-state index in [0.29, 0.717) is 22.9 Å². The highest BCUT2D eigenvalue weighted by atomic mass is 32.2. The summed E-state index contributed by atoms with van der Waals surface area (Å²) in [6.07, 6.45) is 5.19. The van der Waals surface area contributed by atoms with Gasteiger partial charge in [-0.25, -0.2) is 8.42 Å². The number of nitrogens with zero attached hydrogens (tertiary/aromatic N) is 3. The van der Waals surface area contributed by atoms with Crippen LogP contribution >= 0.6 is 0 Å². The molecule has 9 heteroatoms. The fourth-order valence-electron chi connectivity index (χ4n) is 3.68. The van der Waals surface area contributed by atoms with Gasteiger partial charge in [-0.05, 0) is 57.7 Å². The van der Waals surface area contributed by atoms with Gasteiger partial charge in [0.2, 0.25) is 10.0 Å². The predicted octanol–water partition coefficient (Wildman–Crippen LogP) is 2.97. The highest BCUT2D eigenvalue weighted by Crippen LogP contribution is 2.34. The van der Waals surface area contributed by atoms with Crippen molar-refractivity contribution in [3.05, 3.63) is 35.2 Å². The van der Waals surface area contributed by atoms with Gasteiger partial charge in [-0.15, -0.1) is 0 Å². The number of amides is 1. The summed E-state index contributed by atoms with van der Waals surface area (Å²) in [5, 5.41) is 4.25. The highest BCUT2D eigenvalue weighted by Gasteiger charge is 2.32. The number of rotatable bonds is 6. The average Bonchev–Trinajstić information content (AvgIpc) is 3.24. The highest BCUT2D eigenvalue weighted by molar-refractivity contribution is 7.92. The number of sulfonamides is 1. The van der Waals surface area contributed by atoms with Crippen LogP contribution in [0.15, 0.2) is 18.2 Å². The second kappa shape index (κ2) is 8.06. The second-order valence-corrected chi connectivity index (χ2v) is 9.20. The summed E-state index contributed by atoms with van der Waals surface area (Å²) in [7, 11) is -0.652. The van der Waals surface area contributed by atoms with Gasteiger partial charge in [-0.2, -0.15) is 9.40 Å². The predicted molar refractivity (Wildman–Crippen MR) is 110 cm³/mol. The van der Waals surface area contributed by atoms with E-state index in [2.05, 4.69) is 5.10 Å². The lowest BCUT2D eigenvalue weighted by Gasteiger charge is -2.22. The zero-order valence-electron chi connectivity index (χ0n) is 17.4. The number of hydrogen-bond acceptors (Lipinski definition) is 6. The standard InChI is InChI=1S/C20H27N3O5S/c1-13-19(14(2)22(3)21-13)23(29(5,25)26)20(24)15-10-11-17(27-4)18(12-15)28-16-8-6-7-9-16/h10-12,16H,6-9H2,1-5H3. The molecule has 1 heterocycles. The van der Waals surface area contributed by atoms with Crippen LogP contribution in [0.25, 0.3) is 0 Å². The summed E-state index contributed by atoms with van der Waals surface area (Å²) in [6, 6.07) is 4.72. The lowest BCUT2D eigenvalue weighted by molar-refractivity contribution is 0.100. The SMILES string of the molecule is COc1ccc(C(=O)N(c2c(C)nn(C)c2C)S(C)(=O)=O)cc1OC1CCCC1. The molecule has 0 bridgehead atoms. The first-order chi connectivity index (χ1) is 13.6. The van der Waals surface area contributed by atoms with E-state index in [9.17, 15) is 13.2 Å². The molecule has 1 aromatic heterocycles. The number of carbonyl (C=O) groups excluding carboxylic acids is 1. The summed E-state index contributed by atoms with van der Waals surface area (Å²) >= 11 is 0. The number of carbonyl (C=O) groups is 1. The Kier molecular flexibility index (Phi) is 5.88. The molecule has 2 aromatic rings. The number of anilines is 1. The Hall–Kier alpha value is -2.55. The summed E-state index contributed by atoms with van der Waals surface area (Å²) < 4.78 is 38.9. The molecule has 0 saturated heterocycles. The first kappa shape index (κ1) is 21.2. The minimum Gasteiger partial charge on any atom is -0.493 e. The number of hydrogen-bond donors (Lipinski definition) is 0. The Morgan fingerprint density at radius 1 is 1.21 bits per heavy atom. The van der Waals surface area contributed by atoms with Gasteiger partial charge in [-0.3, -0.25) is 9.48 Å². The maximum atomic E-state index is 13.3. The Morgan fingerprint density at radius 2 is 1.86 bits per heavy atom. The number of ether oxygens (including phenoxy) is 2. The fourth-order valence-corrected chi connectivity index (χ4v) is 4.68. The third-order valence-electron chi connectivity index (χ3n) is 5.20. The zero-order valence-corrected chi connectivity index (χ0v) is 18.2. The van der Waals surface area contributed by atoms with Crippen molar-refractivity contribution >= 4 is 21.6 Å². The Morgan fingerprint density at radius 3 is 2.38 bits per heavy atom. The quantitative estimate of drug-likeness (QED) is 0.712. The second-order valence-electron chi connectivity index (χ2n) is 7.37. The molecule has 0 atom stereocenters. The van der Waals surface area contributed by atoms with Crippen LogP contribution < -0.4 is 13.8 Å². The molecule has 1 aliphatic rings. The van der Waals surface area contributed by atoms with Crippen LogP contribution in [0.1, 0.15) is 47.4 Å². The minimum absolute atomic E-state index is 0.0723. The molecule has 1 aromatic carbocycles. The maximum absolute atomic E-state index is 13.3. The fraction of sp³-hybridized carbons (Fsp3) is 0.500. The first-order valence-corrected chi connectivity index (χ1v) is 11.4. The van der Waals surface area contributed by atoms with Crippen molar-refractivity contribution in [3.63, 3.8) is 0 Å². The van der Waals surface area contributed by atoms with Gasteiger partial charge in [0.1, 0.15) is 5.69 Å². The molecule has 1 aliphatic carbocycles. The Balaban J connectivity index is 2.04. The number of aryl methyl sites for hydroxylation is 2. The Labute approximate surface area is 171 Å². The molecule has 158 valence electrons. The third-order valence-corrected chi connectivity index (χ3v) is 6.21. The molecule has 1 amide bonds. The van der Waals surface area contributed by atoms with E-state index >= 15 is 0 Å². The van der Waals surface area contributed by atoms with Crippen LogP contribution in [-0.4, -0.2) is 43.6 Å². The molecule has 0 radical (unpaired) electrons. The van der Waals surface area contributed by atoms with E-state index in [1.165, 1.54) is 7.11 Å². The van der Waals surface area contributed by atoms with Gasteiger partial charge < -0.3 is 9.47 Å². The van der Waals surface area contributed by atoms with Gasteiger partial charge in [0.15, 0.2) is 11.5 Å². The largest absolute Gasteiger partial charge is 0.493 e. The summed E-state index contributed by atoms with van der Waals surface area (Å²) in [5.41, 5.74) is 1.51. The van der Waals surface area contributed by atoms with Gasteiger partial charge in [0.05, 0.1) is 30.9 Å². The van der Waals surface area contributed by atoms with E-state index in [0.717, 1.165) is 36.2 Å². The Bertz CT molecular complexity index is 1020. The molecule has 1 fully saturated rings. The lowest BCUT2D eigenvalue weighted by atomic mass is 10.1. The van der Waals surface area contributed by atoms with Crippen LogP contribution in [0.5, 0.6) is 11.5 Å². The van der Waals surface area contributed by atoms with E-state index in [4.69, 9.17) is 9.47 Å². The molecule has 8 nitrogen and oxygen atoms in total. The van der Waals surface area contributed by atoms with E-state index < -0.39 is 15.9 Å². The van der Waals surface area contributed by atoms with Crippen molar-refractivity contribution in [2.24, 2.45) is 7.05 Å². The average molecular weight is 422 g/mol. The number of methoxy groups -OCH3 is 1. The summed E-state index contributed by atoms with van der Waals surface area (Å²) in [5.74, 6) is 0.289. The smallest absolute Gasteiger partial charge is 0.272 e. The van der Waals surface area contributed by atoms with Crippen molar-refractivity contribution in [2.75, 3.05) is 17.7 Å². The molecule has 0 unspecified atom stereocenters.